The lowest BCUT2D eigenvalue weighted by atomic mass is 10.1. The smallest absolute Gasteiger partial charge is 0.320 e. The first kappa shape index (κ1) is 18.6. The molecule has 0 spiro atoms. The van der Waals surface area contributed by atoms with E-state index in [1.807, 2.05) is 0 Å². The first-order chi connectivity index (χ1) is 12.0. The van der Waals surface area contributed by atoms with Gasteiger partial charge in [0.2, 0.25) is 0 Å². The Balaban J connectivity index is 1.91. The third-order valence-electron chi connectivity index (χ3n) is 3.63. The third kappa shape index (κ3) is 5.11. The number of benzene rings is 2. The van der Waals surface area contributed by atoms with Crippen molar-refractivity contribution in [2.24, 2.45) is 5.92 Å². The minimum Gasteiger partial charge on any atom is -0.460 e. The van der Waals surface area contributed by atoms with Crippen LogP contribution in [-0.2, 0) is 32.3 Å². The van der Waals surface area contributed by atoms with Crippen LogP contribution in [-0.4, -0.2) is 11.9 Å². The van der Waals surface area contributed by atoms with Crippen LogP contribution in [0.25, 0.3) is 0 Å². The number of hydrogen-bond donors (Lipinski definition) is 0. The van der Waals surface area contributed by atoms with Crippen molar-refractivity contribution in [2.45, 2.75) is 26.6 Å². The molecule has 2 rings (SSSR count). The Labute approximate surface area is 144 Å². The number of hydrogen-bond acceptors (Lipinski definition) is 4. The van der Waals surface area contributed by atoms with Crippen LogP contribution in [0.15, 0.2) is 48.5 Å². The van der Waals surface area contributed by atoms with Gasteiger partial charge in [0.25, 0.3) is 0 Å². The Bertz CT molecular complexity index is 684. The number of esters is 2. The maximum Gasteiger partial charge on any atom is 0.320 e. The van der Waals surface area contributed by atoms with Gasteiger partial charge in [-0.1, -0.05) is 43.3 Å². The molecule has 0 saturated carbocycles. The lowest BCUT2D eigenvalue weighted by molar-refractivity contribution is -0.163. The van der Waals surface area contributed by atoms with Gasteiger partial charge < -0.3 is 9.47 Å². The van der Waals surface area contributed by atoms with E-state index in [1.165, 1.54) is 36.4 Å². The van der Waals surface area contributed by atoms with Crippen LogP contribution in [0.3, 0.4) is 0 Å². The maximum atomic E-state index is 13.5. The normalized spacial score (nSPS) is 10.6. The molecular formula is C19H18F2O4. The fraction of sp³-hybridized carbons (Fsp3) is 0.263. The zero-order chi connectivity index (χ0) is 18.2. The molecule has 2 aromatic carbocycles. The SMILES string of the molecule is CCC(C(=O)OCc1ccccc1F)C(=O)OCc1ccccc1F. The van der Waals surface area contributed by atoms with Crippen molar-refractivity contribution >= 4 is 11.9 Å². The number of halogens is 2. The summed E-state index contributed by atoms with van der Waals surface area (Å²) in [4.78, 5) is 24.1. The highest BCUT2D eigenvalue weighted by Crippen LogP contribution is 2.14. The largest absolute Gasteiger partial charge is 0.460 e. The summed E-state index contributed by atoms with van der Waals surface area (Å²) in [5, 5.41) is 0. The highest BCUT2D eigenvalue weighted by molar-refractivity contribution is 5.94. The van der Waals surface area contributed by atoms with E-state index in [2.05, 4.69) is 0 Å². The second-order valence-electron chi connectivity index (χ2n) is 5.36. The van der Waals surface area contributed by atoms with Gasteiger partial charge >= 0.3 is 11.9 Å². The van der Waals surface area contributed by atoms with Crippen molar-refractivity contribution in [2.75, 3.05) is 0 Å². The number of carbonyl (C=O) groups excluding carboxylic acids is 2. The fourth-order valence-corrected chi connectivity index (χ4v) is 2.16. The summed E-state index contributed by atoms with van der Waals surface area (Å²) in [5.74, 6) is -3.73. The molecule has 0 fully saturated rings. The fourth-order valence-electron chi connectivity index (χ4n) is 2.16. The number of carbonyl (C=O) groups is 2. The molecule has 0 aliphatic heterocycles. The van der Waals surface area contributed by atoms with Crippen molar-refractivity contribution < 1.29 is 27.8 Å². The van der Waals surface area contributed by atoms with Crippen molar-refractivity contribution in [1.82, 2.24) is 0 Å². The molecule has 0 amide bonds. The highest BCUT2D eigenvalue weighted by atomic mass is 19.1. The molecule has 25 heavy (non-hydrogen) atoms. The topological polar surface area (TPSA) is 52.6 Å². The summed E-state index contributed by atoms with van der Waals surface area (Å²) in [6.07, 6.45) is 0.159. The molecule has 6 heteroatoms. The monoisotopic (exact) mass is 348 g/mol. The van der Waals surface area contributed by atoms with Gasteiger partial charge in [-0.3, -0.25) is 9.59 Å². The predicted molar refractivity (Wildman–Crippen MR) is 86.2 cm³/mol. The minimum atomic E-state index is -1.14. The molecule has 4 nitrogen and oxygen atoms in total. The lowest BCUT2D eigenvalue weighted by Gasteiger charge is -2.14. The van der Waals surface area contributed by atoms with Gasteiger partial charge in [-0.2, -0.15) is 0 Å². The molecule has 2 aromatic rings. The van der Waals surface area contributed by atoms with Crippen LogP contribution < -0.4 is 0 Å². The molecule has 0 bridgehead atoms. The van der Waals surface area contributed by atoms with Crippen LogP contribution in [0.1, 0.15) is 24.5 Å². The van der Waals surface area contributed by atoms with E-state index in [-0.39, 0.29) is 30.8 Å². The number of ether oxygens (including phenoxy) is 2. The molecule has 0 unspecified atom stereocenters. The Kier molecular flexibility index (Phi) is 6.62. The summed E-state index contributed by atoms with van der Waals surface area (Å²) in [7, 11) is 0. The first-order valence-electron chi connectivity index (χ1n) is 7.83. The first-order valence-corrected chi connectivity index (χ1v) is 7.83. The van der Waals surface area contributed by atoms with Crippen LogP contribution in [0, 0.1) is 17.6 Å². The minimum absolute atomic E-state index is 0.159. The zero-order valence-corrected chi connectivity index (χ0v) is 13.7. The molecule has 132 valence electrons. The molecule has 0 radical (unpaired) electrons. The Morgan fingerprint density at radius 2 is 1.24 bits per heavy atom. The maximum absolute atomic E-state index is 13.5. The summed E-state index contributed by atoms with van der Waals surface area (Å²) in [5.41, 5.74) is 0.427. The molecule has 0 N–H and O–H groups in total. The van der Waals surface area contributed by atoms with Crippen molar-refractivity contribution in [3.05, 3.63) is 71.3 Å². The Morgan fingerprint density at radius 3 is 1.60 bits per heavy atom. The predicted octanol–water partition coefficient (Wildman–Crippen LogP) is 3.78. The van der Waals surface area contributed by atoms with Crippen LogP contribution in [0.4, 0.5) is 8.78 Å². The van der Waals surface area contributed by atoms with E-state index in [0.29, 0.717) is 0 Å². The summed E-state index contributed by atoms with van der Waals surface area (Å²) in [6.45, 7) is 1.07. The quantitative estimate of drug-likeness (QED) is 0.564. The van der Waals surface area contributed by atoms with Gasteiger partial charge in [0.15, 0.2) is 5.92 Å². The second kappa shape index (κ2) is 8.92. The third-order valence-corrected chi connectivity index (χ3v) is 3.63. The van der Waals surface area contributed by atoms with E-state index in [0.717, 1.165) is 0 Å². The Morgan fingerprint density at radius 1 is 0.840 bits per heavy atom. The second-order valence-corrected chi connectivity index (χ2v) is 5.36. The molecule has 0 aliphatic carbocycles. The molecular weight excluding hydrogens is 330 g/mol. The van der Waals surface area contributed by atoms with Crippen LogP contribution >= 0.6 is 0 Å². The van der Waals surface area contributed by atoms with Gasteiger partial charge in [-0.15, -0.1) is 0 Å². The van der Waals surface area contributed by atoms with E-state index < -0.39 is 29.5 Å². The molecule has 0 saturated heterocycles. The number of rotatable bonds is 7. The van der Waals surface area contributed by atoms with Crippen LogP contribution in [0.2, 0.25) is 0 Å². The molecule has 0 atom stereocenters. The standard InChI is InChI=1S/C19H18F2O4/c1-2-15(18(22)24-11-13-7-3-5-9-16(13)20)19(23)25-12-14-8-4-6-10-17(14)21/h3-10,15H,2,11-12H2,1H3. The van der Waals surface area contributed by atoms with E-state index in [4.69, 9.17) is 9.47 Å². The zero-order valence-electron chi connectivity index (χ0n) is 13.7. The average molecular weight is 348 g/mol. The summed E-state index contributed by atoms with van der Waals surface area (Å²) >= 11 is 0. The van der Waals surface area contributed by atoms with Gasteiger partial charge in [0.1, 0.15) is 24.8 Å². The van der Waals surface area contributed by atoms with Crippen molar-refractivity contribution in [3.63, 3.8) is 0 Å². The van der Waals surface area contributed by atoms with Crippen molar-refractivity contribution in [3.8, 4) is 0 Å². The van der Waals surface area contributed by atoms with Crippen LogP contribution in [0.5, 0.6) is 0 Å². The Hall–Kier alpha value is -2.76. The molecule has 0 aliphatic rings. The lowest BCUT2D eigenvalue weighted by Crippen LogP contribution is -2.27. The van der Waals surface area contributed by atoms with E-state index >= 15 is 0 Å². The van der Waals surface area contributed by atoms with Gasteiger partial charge in [0, 0.05) is 11.1 Å². The van der Waals surface area contributed by atoms with Gasteiger partial charge in [-0.25, -0.2) is 8.78 Å². The summed E-state index contributed by atoms with van der Waals surface area (Å²) < 4.78 is 37.0. The van der Waals surface area contributed by atoms with Crippen molar-refractivity contribution in [1.29, 1.82) is 0 Å². The highest BCUT2D eigenvalue weighted by Gasteiger charge is 2.28. The van der Waals surface area contributed by atoms with Gasteiger partial charge in [-0.05, 0) is 18.6 Å². The molecule has 0 heterocycles. The summed E-state index contributed by atoms with van der Waals surface area (Å²) in [6, 6.07) is 11.8. The van der Waals surface area contributed by atoms with Gasteiger partial charge in [0.05, 0.1) is 0 Å². The van der Waals surface area contributed by atoms with E-state index in [9.17, 15) is 18.4 Å². The van der Waals surface area contributed by atoms with E-state index in [1.54, 1.807) is 19.1 Å². The average Bonchev–Trinajstić information content (AvgIpc) is 2.61. The molecule has 0 aromatic heterocycles.